The summed E-state index contributed by atoms with van der Waals surface area (Å²) in [6.45, 7) is 0. The normalized spacial score (nSPS) is 11.6. The van der Waals surface area contributed by atoms with Gasteiger partial charge >= 0.3 is 0 Å². The molecule has 4 nitrogen and oxygen atoms in total. The molecule has 0 atom stereocenters. The molecule has 0 aliphatic heterocycles. The lowest BCUT2D eigenvalue weighted by molar-refractivity contribution is 0.669. The molecule has 5 aromatic carbocycles. The van der Waals surface area contributed by atoms with E-state index < -0.39 is 0 Å². The summed E-state index contributed by atoms with van der Waals surface area (Å²) in [5, 5.41) is 7.06. The van der Waals surface area contributed by atoms with Crippen molar-refractivity contribution in [1.29, 1.82) is 0 Å². The standard InChI is InChI=1S/C35H21N3O/c1-2-6-24-18-28-19-26(10-9-25(28)17-23(24)5-1)31-21-32(38-35(37-31)22-13-15-36-16-14-22)27-11-12-30-29-7-3-4-8-33(29)39-34(30)20-27/h1-21H. The quantitative estimate of drug-likeness (QED) is 0.228. The fourth-order valence-corrected chi connectivity index (χ4v) is 5.36. The molecule has 3 heterocycles. The molecule has 0 unspecified atom stereocenters. The van der Waals surface area contributed by atoms with Crippen LogP contribution in [-0.2, 0) is 0 Å². The molecular formula is C35H21N3O. The van der Waals surface area contributed by atoms with Gasteiger partial charge in [0.1, 0.15) is 11.2 Å². The number of benzene rings is 5. The molecule has 0 aliphatic rings. The second kappa shape index (κ2) is 8.61. The summed E-state index contributed by atoms with van der Waals surface area (Å²) in [7, 11) is 0. The van der Waals surface area contributed by atoms with Gasteiger partial charge in [-0.2, -0.15) is 0 Å². The third-order valence-corrected chi connectivity index (χ3v) is 7.34. The Morgan fingerprint density at radius 1 is 0.436 bits per heavy atom. The number of para-hydroxylation sites is 1. The molecule has 0 amide bonds. The van der Waals surface area contributed by atoms with Crippen LogP contribution in [0.2, 0.25) is 0 Å². The van der Waals surface area contributed by atoms with Crippen LogP contribution in [0.4, 0.5) is 0 Å². The number of fused-ring (bicyclic) bond motifs is 5. The van der Waals surface area contributed by atoms with E-state index in [1.165, 1.54) is 21.5 Å². The first kappa shape index (κ1) is 21.7. The topological polar surface area (TPSA) is 51.8 Å². The fraction of sp³-hybridized carbons (Fsp3) is 0. The van der Waals surface area contributed by atoms with Crippen LogP contribution >= 0.6 is 0 Å². The molecule has 0 saturated heterocycles. The van der Waals surface area contributed by atoms with Crippen LogP contribution in [0.15, 0.2) is 132 Å². The van der Waals surface area contributed by atoms with Crippen LogP contribution < -0.4 is 0 Å². The number of aromatic nitrogens is 3. The van der Waals surface area contributed by atoms with Gasteiger partial charge < -0.3 is 4.42 Å². The van der Waals surface area contributed by atoms with E-state index in [9.17, 15) is 0 Å². The van der Waals surface area contributed by atoms with Crippen molar-refractivity contribution in [3.8, 4) is 33.9 Å². The van der Waals surface area contributed by atoms with Crippen molar-refractivity contribution in [2.45, 2.75) is 0 Å². The van der Waals surface area contributed by atoms with E-state index in [2.05, 4.69) is 89.9 Å². The Bertz CT molecular complexity index is 2180. The Morgan fingerprint density at radius 2 is 1.08 bits per heavy atom. The van der Waals surface area contributed by atoms with E-state index in [1.807, 2.05) is 30.3 Å². The van der Waals surface area contributed by atoms with E-state index >= 15 is 0 Å². The molecule has 0 fully saturated rings. The van der Waals surface area contributed by atoms with Crippen molar-refractivity contribution in [2.75, 3.05) is 0 Å². The summed E-state index contributed by atoms with van der Waals surface area (Å²) >= 11 is 0. The maximum Gasteiger partial charge on any atom is 0.160 e. The Kier molecular flexibility index (Phi) is 4.79. The number of hydrogen-bond donors (Lipinski definition) is 0. The van der Waals surface area contributed by atoms with Gasteiger partial charge in [0.05, 0.1) is 11.4 Å². The molecule has 3 aromatic heterocycles. The molecule has 39 heavy (non-hydrogen) atoms. The molecule has 182 valence electrons. The van der Waals surface area contributed by atoms with Crippen molar-refractivity contribution in [2.24, 2.45) is 0 Å². The van der Waals surface area contributed by atoms with Gasteiger partial charge in [0.2, 0.25) is 0 Å². The van der Waals surface area contributed by atoms with Gasteiger partial charge in [-0.25, -0.2) is 9.97 Å². The highest BCUT2D eigenvalue weighted by Crippen LogP contribution is 2.34. The van der Waals surface area contributed by atoms with Crippen LogP contribution in [0.25, 0.3) is 77.4 Å². The molecule has 0 spiro atoms. The monoisotopic (exact) mass is 499 g/mol. The highest BCUT2D eigenvalue weighted by atomic mass is 16.3. The van der Waals surface area contributed by atoms with Gasteiger partial charge in [-0.05, 0) is 76.1 Å². The van der Waals surface area contributed by atoms with Crippen molar-refractivity contribution in [3.05, 3.63) is 128 Å². The lowest BCUT2D eigenvalue weighted by Crippen LogP contribution is -1.96. The van der Waals surface area contributed by atoms with Crippen LogP contribution in [0, 0.1) is 0 Å². The highest BCUT2D eigenvalue weighted by molar-refractivity contribution is 6.06. The van der Waals surface area contributed by atoms with E-state index in [0.29, 0.717) is 5.82 Å². The van der Waals surface area contributed by atoms with Crippen LogP contribution in [0.1, 0.15) is 0 Å². The van der Waals surface area contributed by atoms with Gasteiger partial charge in [0.25, 0.3) is 0 Å². The zero-order valence-corrected chi connectivity index (χ0v) is 20.9. The Labute approximate surface area is 224 Å². The minimum atomic E-state index is 0.660. The Hall–Kier alpha value is -5.35. The first-order valence-corrected chi connectivity index (χ1v) is 12.9. The van der Waals surface area contributed by atoms with Gasteiger partial charge in [0, 0.05) is 39.9 Å². The van der Waals surface area contributed by atoms with Crippen molar-refractivity contribution < 1.29 is 4.42 Å². The van der Waals surface area contributed by atoms with Crippen LogP contribution in [-0.4, -0.2) is 15.0 Å². The Balaban J connectivity index is 1.32. The molecule has 0 radical (unpaired) electrons. The number of nitrogens with zero attached hydrogens (tertiary/aromatic N) is 3. The van der Waals surface area contributed by atoms with Crippen molar-refractivity contribution in [1.82, 2.24) is 15.0 Å². The van der Waals surface area contributed by atoms with Gasteiger partial charge in [-0.3, -0.25) is 4.98 Å². The molecule has 0 bridgehead atoms. The number of hydrogen-bond acceptors (Lipinski definition) is 4. The minimum absolute atomic E-state index is 0.660. The number of rotatable bonds is 3. The van der Waals surface area contributed by atoms with Crippen LogP contribution in [0.5, 0.6) is 0 Å². The molecule has 0 N–H and O–H groups in total. The predicted octanol–water partition coefficient (Wildman–Crippen LogP) is 9.08. The SMILES string of the molecule is c1ccc2cc3cc(-c4cc(-c5ccc6c(c5)oc5ccccc56)nc(-c5ccncc5)n4)ccc3cc2c1. The molecule has 4 heteroatoms. The summed E-state index contributed by atoms with van der Waals surface area (Å²) in [5.74, 6) is 0.660. The van der Waals surface area contributed by atoms with Crippen molar-refractivity contribution in [3.63, 3.8) is 0 Å². The maximum atomic E-state index is 6.18. The third kappa shape index (κ3) is 3.73. The van der Waals surface area contributed by atoms with Gasteiger partial charge in [-0.15, -0.1) is 0 Å². The summed E-state index contributed by atoms with van der Waals surface area (Å²) in [6.07, 6.45) is 3.54. The smallest absolute Gasteiger partial charge is 0.160 e. The molecule has 0 saturated carbocycles. The van der Waals surface area contributed by atoms with Crippen LogP contribution in [0.3, 0.4) is 0 Å². The summed E-state index contributed by atoms with van der Waals surface area (Å²) in [4.78, 5) is 14.2. The number of furan rings is 1. The maximum absolute atomic E-state index is 6.18. The van der Waals surface area contributed by atoms with Crippen molar-refractivity contribution >= 4 is 43.5 Å². The fourth-order valence-electron chi connectivity index (χ4n) is 5.36. The summed E-state index contributed by atoms with van der Waals surface area (Å²) < 4.78 is 6.18. The van der Waals surface area contributed by atoms with E-state index in [0.717, 1.165) is 50.0 Å². The van der Waals surface area contributed by atoms with Gasteiger partial charge in [0.15, 0.2) is 5.82 Å². The highest BCUT2D eigenvalue weighted by Gasteiger charge is 2.14. The summed E-state index contributed by atoms with van der Waals surface area (Å²) in [5.41, 5.74) is 6.38. The number of pyridine rings is 1. The van der Waals surface area contributed by atoms with Gasteiger partial charge in [-0.1, -0.05) is 60.7 Å². The Morgan fingerprint density at radius 3 is 1.90 bits per heavy atom. The largest absolute Gasteiger partial charge is 0.456 e. The summed E-state index contributed by atoms with van der Waals surface area (Å²) in [6, 6.07) is 39.9. The van der Waals surface area contributed by atoms with E-state index in [1.54, 1.807) is 12.4 Å². The second-order valence-corrected chi connectivity index (χ2v) is 9.77. The zero-order chi connectivity index (χ0) is 25.8. The predicted molar refractivity (Wildman–Crippen MR) is 158 cm³/mol. The average molecular weight is 500 g/mol. The molecule has 8 rings (SSSR count). The molecular weight excluding hydrogens is 478 g/mol. The first-order valence-electron chi connectivity index (χ1n) is 12.9. The lowest BCUT2D eigenvalue weighted by Gasteiger charge is -2.10. The zero-order valence-electron chi connectivity index (χ0n) is 20.9. The lowest BCUT2D eigenvalue weighted by atomic mass is 9.99. The minimum Gasteiger partial charge on any atom is -0.456 e. The second-order valence-electron chi connectivity index (χ2n) is 9.77. The van der Waals surface area contributed by atoms with E-state index in [-0.39, 0.29) is 0 Å². The van der Waals surface area contributed by atoms with E-state index in [4.69, 9.17) is 14.4 Å². The molecule has 8 aromatic rings. The third-order valence-electron chi connectivity index (χ3n) is 7.34. The molecule has 0 aliphatic carbocycles. The first-order chi connectivity index (χ1) is 19.3. The average Bonchev–Trinajstić information content (AvgIpc) is 3.38.